The third-order valence-electron chi connectivity index (χ3n) is 19.9. The van der Waals surface area contributed by atoms with Crippen LogP contribution in [0.4, 0.5) is 11.4 Å². The third-order valence-corrected chi connectivity index (χ3v) is 19.9. The van der Waals surface area contributed by atoms with Crippen LogP contribution in [0.15, 0.2) is 107 Å². The number of fused-ring (bicyclic) bond motifs is 2. The number of hydrogen-bond donors (Lipinski definition) is 0. The molecule has 0 amide bonds. The van der Waals surface area contributed by atoms with Crippen molar-refractivity contribution in [1.82, 2.24) is 0 Å². The predicted octanol–water partition coefficient (Wildman–Crippen LogP) is 12.7. The fraction of sp³-hybridized carbons (Fsp3) is 0.361. The van der Waals surface area contributed by atoms with E-state index in [4.69, 9.17) is 10.2 Å². The minimum absolute atomic E-state index is 0.719. The summed E-state index contributed by atoms with van der Waals surface area (Å²) in [5, 5.41) is 10.3. The second-order valence-electron chi connectivity index (χ2n) is 23.7. The number of rotatable bonds is 13. The van der Waals surface area contributed by atoms with Gasteiger partial charge >= 0.3 is 0 Å². The van der Waals surface area contributed by atoms with Crippen molar-refractivity contribution < 1.29 is 18.3 Å². The van der Waals surface area contributed by atoms with Gasteiger partial charge in [-0.3, -0.25) is 0 Å². The minimum atomic E-state index is 0.719. The van der Waals surface area contributed by atoms with Crippen LogP contribution in [0.1, 0.15) is 146 Å². The molecule has 0 saturated carbocycles. The number of aromatic nitrogens is 4. The Labute approximate surface area is 478 Å². The first-order chi connectivity index (χ1) is 38.1. The topological polar surface area (TPSA) is 46.7 Å². The van der Waals surface area contributed by atoms with Crippen LogP contribution in [-0.4, -0.2) is 11.7 Å². The highest BCUT2D eigenvalue weighted by Crippen LogP contribution is 2.35. The molecule has 0 radical (unpaired) electrons. The number of para-hydroxylation sites is 2. The van der Waals surface area contributed by atoms with Gasteiger partial charge in [-0.15, -0.1) is 10.2 Å². The number of benzene rings is 4. The van der Waals surface area contributed by atoms with Crippen molar-refractivity contribution in [3.63, 3.8) is 0 Å². The summed E-state index contributed by atoms with van der Waals surface area (Å²) in [7, 11) is 4.37. The predicted molar refractivity (Wildman–Crippen MR) is 329 cm³/mol. The molecule has 0 bridgehead atoms. The molecule has 2 aliphatic rings. The van der Waals surface area contributed by atoms with Crippen LogP contribution in [-0.2, 0) is 66.0 Å². The molecule has 10 rings (SSSR count). The van der Waals surface area contributed by atoms with Gasteiger partial charge in [0.1, 0.15) is 25.8 Å². The normalized spacial score (nSPS) is 14.1. The highest BCUT2D eigenvalue weighted by atomic mass is 15.4. The number of anilines is 2. The molecule has 6 heterocycles. The largest absolute Gasteiger partial charge is 0.323 e. The molecule has 2 aliphatic heterocycles. The quantitative estimate of drug-likeness (QED) is 0.0853. The van der Waals surface area contributed by atoms with Crippen LogP contribution in [0, 0.1) is 111 Å². The average molecular weight is 1060 g/mol. The van der Waals surface area contributed by atoms with Gasteiger partial charge in [0.2, 0.25) is 0 Å². The van der Waals surface area contributed by atoms with Gasteiger partial charge in [0, 0.05) is 148 Å². The first kappa shape index (κ1) is 55.7. The van der Waals surface area contributed by atoms with Crippen molar-refractivity contribution in [2.45, 2.75) is 163 Å². The number of amidine groups is 2. The first-order valence-electron chi connectivity index (χ1n) is 29.0. The molecule has 0 saturated heterocycles. The van der Waals surface area contributed by atoms with E-state index in [9.17, 15) is 0 Å². The van der Waals surface area contributed by atoms with Crippen molar-refractivity contribution in [2.24, 2.45) is 24.3 Å². The molecular weight excluding hydrogens is 977 g/mol. The molecule has 0 aliphatic carbocycles. The van der Waals surface area contributed by atoms with Crippen LogP contribution < -0.4 is 28.1 Å². The molecule has 0 spiro atoms. The van der Waals surface area contributed by atoms with E-state index in [1.54, 1.807) is 0 Å². The smallest absolute Gasteiger partial charge is 0.181 e. The van der Waals surface area contributed by atoms with Gasteiger partial charge in [0.05, 0.1) is 0 Å². The molecule has 0 atom stereocenters. The standard InChI is InChI=1S/C72H86N8/c1-43-51(9)75(17)52(10)44(2)65(43)37-67-47(5)55(13)77(56(14)48(67)6)39-59-27-31-61(32-28-59)41-79-69-25-21-19-23-63(69)35-71(79)73-74-72-36-64-24-20-22-26-70(64)80(72)42-62-33-29-60(30-34-62)40-78-57(15)49(7)68(50(8)58(78)16)38-66-45(3)53(11)76(18)54(12)46(66)4/h19-34H,35-42H2,1-18H3/q+4/b73-71-,74-72-. The third kappa shape index (κ3) is 10.1. The molecule has 4 aromatic carbocycles. The van der Waals surface area contributed by atoms with E-state index in [1.165, 1.54) is 157 Å². The lowest BCUT2D eigenvalue weighted by molar-refractivity contribution is -0.701. The summed E-state index contributed by atoms with van der Waals surface area (Å²) in [5.74, 6) is 1.95. The summed E-state index contributed by atoms with van der Waals surface area (Å²) in [5.41, 5.74) is 37.8. The maximum atomic E-state index is 5.16. The van der Waals surface area contributed by atoms with E-state index in [0.717, 1.165) is 63.5 Å². The van der Waals surface area contributed by atoms with E-state index >= 15 is 0 Å². The molecule has 0 N–H and O–H groups in total. The van der Waals surface area contributed by atoms with E-state index in [0.29, 0.717) is 0 Å². The lowest BCUT2D eigenvalue weighted by atomic mass is 9.89. The summed E-state index contributed by atoms with van der Waals surface area (Å²) in [6.45, 7) is 39.8. The monoisotopic (exact) mass is 1060 g/mol. The lowest BCUT2D eigenvalue weighted by Gasteiger charge is -2.22. The van der Waals surface area contributed by atoms with Gasteiger partial charge in [0.25, 0.3) is 0 Å². The van der Waals surface area contributed by atoms with Crippen molar-refractivity contribution in [3.05, 3.63) is 243 Å². The van der Waals surface area contributed by atoms with Gasteiger partial charge in [0.15, 0.2) is 58.6 Å². The second kappa shape index (κ2) is 22.2. The summed E-state index contributed by atoms with van der Waals surface area (Å²) >= 11 is 0. The SMILES string of the molecule is Cc1c(Cc2c(C)c(C)[n+](Cc3ccc(CN4/C(=N\N=C5\Cc6ccccc6N5Cc5ccc(C[n+]6c(C)c(C)c(Cc7c(C)c(C)[n+](C)c(C)c7C)c(C)c6C)cc5)Cc5ccccc54)cc3)c(C)c2C)c(C)c(C)[n+](C)c1C. The van der Waals surface area contributed by atoms with Crippen molar-refractivity contribution in [3.8, 4) is 0 Å². The molecule has 0 unspecified atom stereocenters. The Morgan fingerprint density at radius 2 is 0.600 bits per heavy atom. The van der Waals surface area contributed by atoms with Crippen LogP contribution in [0.5, 0.6) is 0 Å². The summed E-state index contributed by atoms with van der Waals surface area (Å²) in [4.78, 5) is 4.75. The molecule has 4 aromatic heterocycles. The fourth-order valence-electron chi connectivity index (χ4n) is 13.1. The van der Waals surface area contributed by atoms with Crippen LogP contribution in [0.2, 0.25) is 0 Å². The van der Waals surface area contributed by atoms with Gasteiger partial charge in [-0.2, -0.15) is 9.13 Å². The Morgan fingerprint density at radius 3 is 0.900 bits per heavy atom. The highest BCUT2D eigenvalue weighted by molar-refractivity contribution is 6.07. The van der Waals surface area contributed by atoms with E-state index < -0.39 is 0 Å². The molecule has 410 valence electrons. The van der Waals surface area contributed by atoms with Gasteiger partial charge in [-0.1, -0.05) is 84.9 Å². The molecule has 8 aromatic rings. The Balaban J connectivity index is 0.858. The zero-order valence-electron chi connectivity index (χ0n) is 51.5. The maximum Gasteiger partial charge on any atom is 0.181 e. The van der Waals surface area contributed by atoms with E-state index in [-0.39, 0.29) is 0 Å². The second-order valence-corrected chi connectivity index (χ2v) is 23.7. The highest BCUT2D eigenvalue weighted by Gasteiger charge is 2.31. The Kier molecular flexibility index (Phi) is 15.4. The number of hydrogen-bond acceptors (Lipinski definition) is 2. The molecule has 80 heavy (non-hydrogen) atoms. The number of pyridine rings is 4. The molecule has 8 nitrogen and oxygen atoms in total. The Morgan fingerprint density at radius 1 is 0.338 bits per heavy atom. The number of nitrogens with zero attached hydrogens (tertiary/aromatic N) is 8. The molecule has 0 fully saturated rings. The minimum Gasteiger partial charge on any atom is -0.323 e. The Bertz CT molecular complexity index is 3490. The summed E-state index contributed by atoms with van der Waals surface area (Å²) in [6.07, 6.45) is 3.40. The van der Waals surface area contributed by atoms with Crippen LogP contribution in [0.25, 0.3) is 0 Å². The van der Waals surface area contributed by atoms with Gasteiger partial charge in [-0.25, -0.2) is 9.13 Å². The summed E-state index contributed by atoms with van der Waals surface area (Å²) in [6, 6.07) is 36.0. The van der Waals surface area contributed by atoms with Crippen molar-refractivity contribution in [1.29, 1.82) is 0 Å². The lowest BCUT2D eigenvalue weighted by Crippen LogP contribution is -2.43. The maximum absolute atomic E-state index is 5.16. The Hall–Kier alpha value is -7.58. The van der Waals surface area contributed by atoms with Crippen LogP contribution in [0.3, 0.4) is 0 Å². The zero-order chi connectivity index (χ0) is 57.2. The molecular formula is C72H86N8+4. The van der Waals surface area contributed by atoms with Gasteiger partial charge in [-0.05, 0) is 125 Å². The van der Waals surface area contributed by atoms with E-state index in [2.05, 4.69) is 250 Å². The summed E-state index contributed by atoms with van der Waals surface area (Å²) < 4.78 is 9.70. The fourth-order valence-corrected chi connectivity index (χ4v) is 13.1. The van der Waals surface area contributed by atoms with Gasteiger partial charge < -0.3 is 9.80 Å². The average Bonchev–Trinajstić information content (AvgIpc) is 4.00. The zero-order valence-corrected chi connectivity index (χ0v) is 51.5. The van der Waals surface area contributed by atoms with Crippen molar-refractivity contribution in [2.75, 3.05) is 9.80 Å². The first-order valence-corrected chi connectivity index (χ1v) is 29.0. The van der Waals surface area contributed by atoms with Crippen LogP contribution >= 0.6 is 0 Å². The molecule has 8 heteroatoms. The van der Waals surface area contributed by atoms with Crippen molar-refractivity contribution >= 4 is 23.0 Å². The van der Waals surface area contributed by atoms with E-state index in [1.807, 2.05) is 0 Å².